The van der Waals surface area contributed by atoms with Crippen molar-refractivity contribution < 1.29 is 14.0 Å². The Labute approximate surface area is 169 Å². The van der Waals surface area contributed by atoms with Crippen molar-refractivity contribution in [3.8, 4) is 0 Å². The minimum absolute atomic E-state index is 0.0741. The monoisotopic (exact) mass is 399 g/mol. The number of halogens is 1. The van der Waals surface area contributed by atoms with E-state index in [1.807, 2.05) is 26.0 Å². The SMILES string of the molecule is Cc1ccc(C(=O)N2C[C@@H](F)C[C@H]2Cn2cc(C(=O)N3CCCC3)nn2)cc1C. The van der Waals surface area contributed by atoms with Crippen LogP contribution in [-0.4, -0.2) is 68.5 Å². The van der Waals surface area contributed by atoms with Crippen molar-refractivity contribution in [3.63, 3.8) is 0 Å². The number of benzene rings is 1. The first-order chi connectivity index (χ1) is 13.9. The van der Waals surface area contributed by atoms with E-state index in [0.717, 1.165) is 37.1 Å². The molecular weight excluding hydrogens is 373 g/mol. The van der Waals surface area contributed by atoms with E-state index in [-0.39, 0.29) is 30.8 Å². The van der Waals surface area contributed by atoms with E-state index in [2.05, 4.69) is 10.3 Å². The second-order valence-corrected chi connectivity index (χ2v) is 8.07. The van der Waals surface area contributed by atoms with Gasteiger partial charge in [-0.2, -0.15) is 0 Å². The standard InChI is InChI=1S/C21H26FN5O2/c1-14-5-6-16(9-15(14)2)20(28)27-11-17(22)10-18(27)12-26-13-19(23-24-26)21(29)25-7-3-4-8-25/h5-6,9,13,17-18H,3-4,7-8,10-12H2,1-2H3/t17-,18-/m0/s1. The molecule has 7 nitrogen and oxygen atoms in total. The van der Waals surface area contributed by atoms with Gasteiger partial charge in [0.1, 0.15) is 6.17 Å². The number of nitrogens with zero attached hydrogens (tertiary/aromatic N) is 5. The quantitative estimate of drug-likeness (QED) is 0.792. The number of carbonyl (C=O) groups excluding carboxylic acids is 2. The third-order valence-electron chi connectivity index (χ3n) is 5.93. The number of aromatic nitrogens is 3. The Hall–Kier alpha value is -2.77. The first-order valence-electron chi connectivity index (χ1n) is 10.1. The molecule has 8 heteroatoms. The molecule has 4 rings (SSSR count). The van der Waals surface area contributed by atoms with E-state index in [9.17, 15) is 14.0 Å². The molecule has 2 aromatic rings. The van der Waals surface area contributed by atoms with Crippen LogP contribution in [0.15, 0.2) is 24.4 Å². The zero-order valence-corrected chi connectivity index (χ0v) is 16.8. The molecule has 0 aliphatic carbocycles. The van der Waals surface area contributed by atoms with E-state index in [0.29, 0.717) is 17.8 Å². The molecule has 1 aromatic carbocycles. The third-order valence-corrected chi connectivity index (χ3v) is 5.93. The summed E-state index contributed by atoms with van der Waals surface area (Å²) in [4.78, 5) is 28.8. The molecule has 0 N–H and O–H groups in total. The van der Waals surface area contributed by atoms with Crippen molar-refractivity contribution in [2.75, 3.05) is 19.6 Å². The normalized spacial score (nSPS) is 21.8. The average molecular weight is 399 g/mol. The largest absolute Gasteiger partial charge is 0.337 e. The van der Waals surface area contributed by atoms with E-state index in [4.69, 9.17) is 0 Å². The van der Waals surface area contributed by atoms with Crippen LogP contribution in [0.4, 0.5) is 4.39 Å². The maximum atomic E-state index is 14.2. The molecule has 2 aliphatic rings. The van der Waals surface area contributed by atoms with Gasteiger partial charge in [-0.3, -0.25) is 9.59 Å². The van der Waals surface area contributed by atoms with Crippen LogP contribution in [0.1, 0.15) is 51.2 Å². The van der Waals surface area contributed by atoms with Crippen molar-refractivity contribution in [1.29, 1.82) is 0 Å². The number of hydrogen-bond acceptors (Lipinski definition) is 4. The second kappa shape index (κ2) is 7.93. The summed E-state index contributed by atoms with van der Waals surface area (Å²) in [6.07, 6.45) is 2.81. The van der Waals surface area contributed by atoms with Gasteiger partial charge < -0.3 is 9.80 Å². The minimum Gasteiger partial charge on any atom is -0.337 e. The summed E-state index contributed by atoms with van der Waals surface area (Å²) >= 11 is 0. The highest BCUT2D eigenvalue weighted by atomic mass is 19.1. The number of carbonyl (C=O) groups is 2. The Morgan fingerprint density at radius 1 is 1.14 bits per heavy atom. The Morgan fingerprint density at radius 3 is 2.62 bits per heavy atom. The van der Waals surface area contributed by atoms with Gasteiger partial charge >= 0.3 is 0 Å². The molecule has 1 aromatic heterocycles. The molecule has 2 fully saturated rings. The summed E-state index contributed by atoms with van der Waals surface area (Å²) in [7, 11) is 0. The first kappa shape index (κ1) is 19.5. The first-order valence-corrected chi connectivity index (χ1v) is 10.1. The highest BCUT2D eigenvalue weighted by molar-refractivity contribution is 5.95. The molecule has 0 bridgehead atoms. The fourth-order valence-corrected chi connectivity index (χ4v) is 4.11. The Balaban J connectivity index is 1.48. The van der Waals surface area contributed by atoms with Crippen LogP contribution in [0.5, 0.6) is 0 Å². The van der Waals surface area contributed by atoms with Crippen LogP contribution < -0.4 is 0 Å². The molecule has 2 aliphatic heterocycles. The molecule has 0 saturated carbocycles. The predicted octanol–water partition coefficient (Wildman–Crippen LogP) is 2.38. The molecule has 0 unspecified atom stereocenters. The topological polar surface area (TPSA) is 71.3 Å². The number of rotatable bonds is 4. The molecule has 29 heavy (non-hydrogen) atoms. The van der Waals surface area contributed by atoms with Crippen LogP contribution in [0.25, 0.3) is 0 Å². The molecule has 2 atom stereocenters. The van der Waals surface area contributed by atoms with Crippen molar-refractivity contribution >= 4 is 11.8 Å². The Kier molecular flexibility index (Phi) is 5.34. The lowest BCUT2D eigenvalue weighted by atomic mass is 10.1. The second-order valence-electron chi connectivity index (χ2n) is 8.07. The Morgan fingerprint density at radius 2 is 1.90 bits per heavy atom. The molecule has 0 radical (unpaired) electrons. The van der Waals surface area contributed by atoms with Crippen molar-refractivity contribution in [2.24, 2.45) is 0 Å². The van der Waals surface area contributed by atoms with Crippen LogP contribution in [0.2, 0.25) is 0 Å². The van der Waals surface area contributed by atoms with Gasteiger partial charge in [0.2, 0.25) is 0 Å². The summed E-state index contributed by atoms with van der Waals surface area (Å²) < 4.78 is 15.7. The molecule has 154 valence electrons. The van der Waals surface area contributed by atoms with Crippen molar-refractivity contribution in [2.45, 2.75) is 51.9 Å². The highest BCUT2D eigenvalue weighted by Gasteiger charge is 2.36. The number of alkyl halides is 1. The average Bonchev–Trinajstić information content (AvgIpc) is 3.44. The Bertz CT molecular complexity index is 922. The van der Waals surface area contributed by atoms with Crippen LogP contribution in [0, 0.1) is 13.8 Å². The van der Waals surface area contributed by atoms with E-state index in [1.54, 1.807) is 26.7 Å². The molecule has 2 saturated heterocycles. The van der Waals surface area contributed by atoms with Crippen molar-refractivity contribution in [3.05, 3.63) is 46.8 Å². The fourth-order valence-electron chi connectivity index (χ4n) is 4.11. The summed E-state index contributed by atoms with van der Waals surface area (Å²) in [5.74, 6) is -0.293. The van der Waals surface area contributed by atoms with Gasteiger partial charge in [-0.1, -0.05) is 11.3 Å². The summed E-state index contributed by atoms with van der Waals surface area (Å²) in [6, 6.07) is 5.22. The van der Waals surface area contributed by atoms with Crippen LogP contribution >= 0.6 is 0 Å². The van der Waals surface area contributed by atoms with E-state index in [1.165, 1.54) is 0 Å². The smallest absolute Gasteiger partial charge is 0.276 e. The van der Waals surface area contributed by atoms with Gasteiger partial charge in [0.15, 0.2) is 5.69 Å². The van der Waals surface area contributed by atoms with Gasteiger partial charge in [-0.25, -0.2) is 9.07 Å². The fraction of sp³-hybridized carbons (Fsp3) is 0.524. The number of likely N-dealkylation sites (tertiary alicyclic amines) is 2. The maximum Gasteiger partial charge on any atom is 0.276 e. The molecule has 3 heterocycles. The molecule has 0 spiro atoms. The lowest BCUT2D eigenvalue weighted by Crippen LogP contribution is -2.38. The lowest BCUT2D eigenvalue weighted by Gasteiger charge is -2.24. The van der Waals surface area contributed by atoms with Crippen LogP contribution in [0.3, 0.4) is 0 Å². The van der Waals surface area contributed by atoms with Crippen LogP contribution in [-0.2, 0) is 6.54 Å². The highest BCUT2D eigenvalue weighted by Crippen LogP contribution is 2.25. The van der Waals surface area contributed by atoms with Gasteiger partial charge in [0.05, 0.1) is 25.3 Å². The maximum absolute atomic E-state index is 14.2. The number of amides is 2. The number of hydrogen-bond donors (Lipinski definition) is 0. The number of aryl methyl sites for hydroxylation is 2. The van der Waals surface area contributed by atoms with Gasteiger partial charge in [0, 0.05) is 25.1 Å². The minimum atomic E-state index is -1.07. The third kappa shape index (κ3) is 4.02. The van der Waals surface area contributed by atoms with Gasteiger partial charge in [-0.15, -0.1) is 5.10 Å². The van der Waals surface area contributed by atoms with E-state index < -0.39 is 6.17 Å². The summed E-state index contributed by atoms with van der Waals surface area (Å²) in [5, 5.41) is 8.04. The van der Waals surface area contributed by atoms with E-state index >= 15 is 0 Å². The summed E-state index contributed by atoms with van der Waals surface area (Å²) in [5.41, 5.74) is 3.01. The zero-order valence-electron chi connectivity index (χ0n) is 16.8. The lowest BCUT2D eigenvalue weighted by molar-refractivity contribution is 0.0713. The summed E-state index contributed by atoms with van der Waals surface area (Å²) in [6.45, 7) is 5.83. The predicted molar refractivity (Wildman–Crippen MR) is 105 cm³/mol. The van der Waals surface area contributed by atoms with Crippen molar-refractivity contribution in [1.82, 2.24) is 24.8 Å². The zero-order chi connectivity index (χ0) is 20.5. The van der Waals surface area contributed by atoms with Gasteiger partial charge in [-0.05, 0) is 49.9 Å². The molecular formula is C21H26FN5O2. The molecule has 2 amide bonds. The van der Waals surface area contributed by atoms with Gasteiger partial charge in [0.25, 0.3) is 11.8 Å².